The lowest BCUT2D eigenvalue weighted by atomic mass is 9.91. The molecule has 0 aliphatic rings. The van der Waals surface area contributed by atoms with Gasteiger partial charge in [-0.25, -0.2) is 19.2 Å². The van der Waals surface area contributed by atoms with E-state index in [4.69, 9.17) is 10.2 Å². The SMILES string of the molecule is O=C(O)c1cccc(Cc2ccc(C(=O)O)c(C(=O)O)c2C(=O)O)c1. The number of rotatable bonds is 6. The maximum absolute atomic E-state index is 11.5. The van der Waals surface area contributed by atoms with E-state index in [0.29, 0.717) is 5.56 Å². The van der Waals surface area contributed by atoms with Crippen LogP contribution in [-0.2, 0) is 6.42 Å². The zero-order valence-electron chi connectivity index (χ0n) is 12.6. The number of carboxylic acids is 4. The number of benzene rings is 2. The highest BCUT2D eigenvalue weighted by molar-refractivity contribution is 6.09. The van der Waals surface area contributed by atoms with Crippen LogP contribution in [0.2, 0.25) is 0 Å². The number of carbonyl (C=O) groups is 4. The Morgan fingerprint density at radius 3 is 1.88 bits per heavy atom. The number of aromatic carboxylic acids is 4. The Morgan fingerprint density at radius 2 is 1.36 bits per heavy atom. The van der Waals surface area contributed by atoms with E-state index < -0.39 is 40.6 Å². The van der Waals surface area contributed by atoms with Gasteiger partial charge in [-0.3, -0.25) is 0 Å². The predicted molar refractivity (Wildman–Crippen MR) is 83.5 cm³/mol. The average molecular weight is 344 g/mol. The minimum atomic E-state index is -1.67. The van der Waals surface area contributed by atoms with Crippen LogP contribution in [0.15, 0.2) is 36.4 Å². The van der Waals surface area contributed by atoms with Crippen LogP contribution in [0.5, 0.6) is 0 Å². The zero-order chi connectivity index (χ0) is 18.7. The lowest BCUT2D eigenvalue weighted by Crippen LogP contribution is -2.17. The fourth-order valence-electron chi connectivity index (χ4n) is 2.47. The second-order valence-electron chi connectivity index (χ2n) is 5.12. The molecule has 25 heavy (non-hydrogen) atoms. The molecule has 8 heteroatoms. The van der Waals surface area contributed by atoms with Crippen molar-refractivity contribution in [3.63, 3.8) is 0 Å². The molecular formula is C17H12O8. The molecule has 2 aromatic carbocycles. The van der Waals surface area contributed by atoms with Crippen molar-refractivity contribution in [2.24, 2.45) is 0 Å². The molecule has 0 saturated carbocycles. The van der Waals surface area contributed by atoms with Crippen LogP contribution < -0.4 is 0 Å². The van der Waals surface area contributed by atoms with Crippen molar-refractivity contribution in [3.05, 3.63) is 69.8 Å². The molecule has 4 N–H and O–H groups in total. The van der Waals surface area contributed by atoms with E-state index in [9.17, 15) is 29.4 Å². The van der Waals surface area contributed by atoms with Crippen molar-refractivity contribution in [1.29, 1.82) is 0 Å². The summed E-state index contributed by atoms with van der Waals surface area (Å²) in [6.07, 6.45) is -0.0665. The Balaban J connectivity index is 2.62. The Morgan fingerprint density at radius 1 is 0.720 bits per heavy atom. The minimum Gasteiger partial charge on any atom is -0.478 e. The highest BCUT2D eigenvalue weighted by atomic mass is 16.4. The molecule has 2 rings (SSSR count). The summed E-state index contributed by atoms with van der Waals surface area (Å²) in [5.41, 5.74) is -1.57. The summed E-state index contributed by atoms with van der Waals surface area (Å²) in [6, 6.07) is 7.97. The Labute approximate surface area is 140 Å². The van der Waals surface area contributed by atoms with Crippen molar-refractivity contribution in [1.82, 2.24) is 0 Å². The van der Waals surface area contributed by atoms with Crippen LogP contribution in [0.1, 0.15) is 52.6 Å². The third kappa shape index (κ3) is 3.63. The minimum absolute atomic E-state index is 0.00464. The molecule has 0 spiro atoms. The summed E-state index contributed by atoms with van der Waals surface area (Å²) in [6.45, 7) is 0. The summed E-state index contributed by atoms with van der Waals surface area (Å²) >= 11 is 0. The molecule has 2 aromatic rings. The van der Waals surface area contributed by atoms with E-state index in [0.717, 1.165) is 6.07 Å². The monoisotopic (exact) mass is 344 g/mol. The fraction of sp³-hybridized carbons (Fsp3) is 0.0588. The summed E-state index contributed by atoms with van der Waals surface area (Å²) in [4.78, 5) is 45.1. The van der Waals surface area contributed by atoms with Gasteiger partial charge < -0.3 is 20.4 Å². The third-order valence-electron chi connectivity index (χ3n) is 3.52. The normalized spacial score (nSPS) is 10.2. The Kier molecular flexibility index (Phi) is 4.83. The zero-order valence-corrected chi connectivity index (χ0v) is 12.6. The largest absolute Gasteiger partial charge is 0.478 e. The molecule has 0 unspecified atom stereocenters. The van der Waals surface area contributed by atoms with Gasteiger partial charge in [0.25, 0.3) is 0 Å². The summed E-state index contributed by atoms with van der Waals surface area (Å²) < 4.78 is 0. The van der Waals surface area contributed by atoms with Gasteiger partial charge in [-0.15, -0.1) is 0 Å². The summed E-state index contributed by atoms with van der Waals surface area (Å²) in [5.74, 6) is -5.96. The Bertz CT molecular complexity index is 898. The van der Waals surface area contributed by atoms with Crippen LogP contribution in [0.3, 0.4) is 0 Å². The van der Waals surface area contributed by atoms with Crippen LogP contribution in [-0.4, -0.2) is 44.3 Å². The van der Waals surface area contributed by atoms with E-state index in [1.165, 1.54) is 24.3 Å². The van der Waals surface area contributed by atoms with Gasteiger partial charge in [0.2, 0.25) is 0 Å². The van der Waals surface area contributed by atoms with Crippen molar-refractivity contribution in [2.75, 3.05) is 0 Å². The number of carboxylic acid groups (broad SMARTS) is 4. The smallest absolute Gasteiger partial charge is 0.337 e. The van der Waals surface area contributed by atoms with Gasteiger partial charge in [-0.2, -0.15) is 0 Å². The molecule has 0 radical (unpaired) electrons. The van der Waals surface area contributed by atoms with Gasteiger partial charge in [-0.1, -0.05) is 18.2 Å². The van der Waals surface area contributed by atoms with Crippen molar-refractivity contribution in [3.8, 4) is 0 Å². The molecule has 0 aliphatic heterocycles. The average Bonchev–Trinajstić information content (AvgIpc) is 2.53. The molecular weight excluding hydrogens is 332 g/mol. The lowest BCUT2D eigenvalue weighted by Gasteiger charge is -2.12. The van der Waals surface area contributed by atoms with Crippen molar-refractivity contribution in [2.45, 2.75) is 6.42 Å². The first-order chi connectivity index (χ1) is 11.7. The maximum atomic E-state index is 11.5. The molecule has 8 nitrogen and oxygen atoms in total. The molecule has 0 saturated heterocycles. The number of hydrogen-bond acceptors (Lipinski definition) is 4. The molecule has 128 valence electrons. The standard InChI is InChI=1S/C17H12O8/c18-14(19)10-3-1-2-8(7-10)6-9-4-5-11(15(20)21)13(17(24)25)12(9)16(22)23/h1-5,7H,6H2,(H,18,19)(H,20,21)(H,22,23)(H,24,25). The number of hydrogen-bond donors (Lipinski definition) is 4. The molecule has 0 aliphatic carbocycles. The van der Waals surface area contributed by atoms with Crippen LogP contribution in [0.25, 0.3) is 0 Å². The van der Waals surface area contributed by atoms with Gasteiger partial charge in [0, 0.05) is 0 Å². The quantitative estimate of drug-likeness (QED) is 0.622. The van der Waals surface area contributed by atoms with Crippen LogP contribution >= 0.6 is 0 Å². The molecule has 0 heterocycles. The van der Waals surface area contributed by atoms with Gasteiger partial charge in [0.15, 0.2) is 0 Å². The van der Waals surface area contributed by atoms with E-state index in [1.807, 2.05) is 0 Å². The van der Waals surface area contributed by atoms with Gasteiger partial charge in [0.1, 0.15) is 0 Å². The second kappa shape index (κ2) is 6.83. The summed E-state index contributed by atoms with van der Waals surface area (Å²) in [5, 5.41) is 36.7. The maximum Gasteiger partial charge on any atom is 0.337 e. The topological polar surface area (TPSA) is 149 Å². The van der Waals surface area contributed by atoms with E-state index in [-0.39, 0.29) is 17.5 Å². The first-order valence-corrected chi connectivity index (χ1v) is 6.90. The second-order valence-corrected chi connectivity index (χ2v) is 5.12. The third-order valence-corrected chi connectivity index (χ3v) is 3.52. The molecule has 0 atom stereocenters. The summed E-state index contributed by atoms with van der Waals surface area (Å²) in [7, 11) is 0. The highest BCUT2D eigenvalue weighted by Crippen LogP contribution is 2.23. The van der Waals surface area contributed by atoms with Gasteiger partial charge in [0.05, 0.1) is 22.3 Å². The molecule has 0 aromatic heterocycles. The molecule has 0 amide bonds. The van der Waals surface area contributed by atoms with E-state index >= 15 is 0 Å². The molecule has 0 bridgehead atoms. The highest BCUT2D eigenvalue weighted by Gasteiger charge is 2.27. The van der Waals surface area contributed by atoms with Gasteiger partial charge in [-0.05, 0) is 35.7 Å². The van der Waals surface area contributed by atoms with Crippen molar-refractivity contribution < 1.29 is 39.6 Å². The van der Waals surface area contributed by atoms with Crippen molar-refractivity contribution >= 4 is 23.9 Å². The first-order valence-electron chi connectivity index (χ1n) is 6.90. The van der Waals surface area contributed by atoms with E-state index in [1.54, 1.807) is 6.07 Å². The van der Waals surface area contributed by atoms with E-state index in [2.05, 4.69) is 0 Å². The molecule has 0 fully saturated rings. The predicted octanol–water partition coefficient (Wildman–Crippen LogP) is 2.07. The fourth-order valence-corrected chi connectivity index (χ4v) is 2.47. The Hall–Kier alpha value is -3.68. The van der Waals surface area contributed by atoms with Crippen LogP contribution in [0, 0.1) is 0 Å². The van der Waals surface area contributed by atoms with Gasteiger partial charge >= 0.3 is 23.9 Å². The lowest BCUT2D eigenvalue weighted by molar-refractivity contribution is 0.0632. The van der Waals surface area contributed by atoms with Crippen LogP contribution in [0.4, 0.5) is 0 Å². The first kappa shape index (κ1) is 17.7.